The molecule has 0 spiro atoms. The molecular weight excluding hydrogens is 150 g/mol. The fourth-order valence-electron chi connectivity index (χ4n) is 1.56. The Balaban J connectivity index is 2.51. The van der Waals surface area contributed by atoms with Crippen molar-refractivity contribution in [1.82, 2.24) is 15.3 Å². The summed E-state index contributed by atoms with van der Waals surface area (Å²) >= 11 is 0. The van der Waals surface area contributed by atoms with Gasteiger partial charge in [-0.15, -0.1) is 0 Å². The monoisotopic (exact) mass is 163 g/mol. The van der Waals surface area contributed by atoms with Crippen LogP contribution in [0.4, 0.5) is 0 Å². The molecule has 0 saturated heterocycles. The van der Waals surface area contributed by atoms with Crippen molar-refractivity contribution in [2.75, 3.05) is 0 Å². The summed E-state index contributed by atoms with van der Waals surface area (Å²) < 4.78 is 0. The number of fused-ring (bicyclic) bond motifs is 1. The van der Waals surface area contributed by atoms with Crippen LogP contribution in [-0.2, 0) is 19.5 Å². The second-order valence-electron chi connectivity index (χ2n) is 3.11. The topological polar surface area (TPSA) is 37.8 Å². The largest absolute Gasteiger partial charge is 0.307 e. The summed E-state index contributed by atoms with van der Waals surface area (Å²) in [6.45, 7) is 5.99. The van der Waals surface area contributed by atoms with E-state index in [1.807, 2.05) is 0 Å². The van der Waals surface area contributed by atoms with Gasteiger partial charge in [0.2, 0.25) is 0 Å². The van der Waals surface area contributed by atoms with E-state index in [4.69, 9.17) is 0 Å². The van der Waals surface area contributed by atoms with Gasteiger partial charge in [0.05, 0.1) is 5.69 Å². The maximum atomic E-state index is 4.46. The minimum Gasteiger partial charge on any atom is -0.307 e. The predicted molar refractivity (Wildman–Crippen MR) is 46.7 cm³/mol. The van der Waals surface area contributed by atoms with E-state index in [0.29, 0.717) is 0 Å². The van der Waals surface area contributed by atoms with Crippen molar-refractivity contribution in [2.45, 2.75) is 33.4 Å². The van der Waals surface area contributed by atoms with Crippen LogP contribution in [0.1, 0.15) is 29.7 Å². The minimum absolute atomic E-state index is 0.908. The first-order valence-corrected chi connectivity index (χ1v) is 4.37. The third kappa shape index (κ3) is 1.10. The zero-order valence-electron chi connectivity index (χ0n) is 7.52. The highest BCUT2D eigenvalue weighted by Gasteiger charge is 2.15. The first-order chi connectivity index (χ1) is 5.81. The Hall–Kier alpha value is -0.960. The number of aryl methyl sites for hydroxylation is 2. The van der Waals surface area contributed by atoms with Gasteiger partial charge in [0.15, 0.2) is 0 Å². The molecular formula is C9H13N3. The van der Waals surface area contributed by atoms with Crippen molar-refractivity contribution < 1.29 is 0 Å². The van der Waals surface area contributed by atoms with E-state index < -0.39 is 0 Å². The average molecular weight is 163 g/mol. The highest BCUT2D eigenvalue weighted by atomic mass is 15.0. The van der Waals surface area contributed by atoms with Crippen LogP contribution in [-0.4, -0.2) is 9.97 Å². The van der Waals surface area contributed by atoms with E-state index in [1.54, 1.807) is 0 Å². The van der Waals surface area contributed by atoms with Crippen LogP contribution < -0.4 is 5.32 Å². The molecule has 0 fully saturated rings. The van der Waals surface area contributed by atoms with Crippen molar-refractivity contribution in [3.63, 3.8) is 0 Å². The highest BCUT2D eigenvalue weighted by Crippen LogP contribution is 2.15. The van der Waals surface area contributed by atoms with Crippen molar-refractivity contribution >= 4 is 0 Å². The molecule has 0 atom stereocenters. The molecule has 0 aliphatic carbocycles. The van der Waals surface area contributed by atoms with Gasteiger partial charge in [0.1, 0.15) is 5.82 Å². The van der Waals surface area contributed by atoms with Crippen LogP contribution in [0.25, 0.3) is 0 Å². The molecule has 0 radical (unpaired) electrons. The van der Waals surface area contributed by atoms with Crippen LogP contribution in [0.15, 0.2) is 0 Å². The fourth-order valence-corrected chi connectivity index (χ4v) is 1.56. The minimum atomic E-state index is 0.908. The SMILES string of the molecule is CCc1nc(C)c2c(n1)CNC2. The van der Waals surface area contributed by atoms with Crippen molar-refractivity contribution in [1.29, 1.82) is 0 Å². The van der Waals surface area contributed by atoms with E-state index in [0.717, 1.165) is 31.0 Å². The number of nitrogens with one attached hydrogen (secondary N) is 1. The Morgan fingerprint density at radius 2 is 2.17 bits per heavy atom. The molecule has 2 heterocycles. The second-order valence-corrected chi connectivity index (χ2v) is 3.11. The number of nitrogens with zero attached hydrogens (tertiary/aromatic N) is 2. The summed E-state index contributed by atoms with van der Waals surface area (Å²) in [5, 5.41) is 3.28. The first-order valence-electron chi connectivity index (χ1n) is 4.37. The summed E-state index contributed by atoms with van der Waals surface area (Å²) in [6, 6.07) is 0. The quantitative estimate of drug-likeness (QED) is 0.669. The van der Waals surface area contributed by atoms with Crippen molar-refractivity contribution in [2.24, 2.45) is 0 Å². The number of hydrogen-bond acceptors (Lipinski definition) is 3. The highest BCUT2D eigenvalue weighted by molar-refractivity contribution is 5.28. The standard InChI is InChI=1S/C9H13N3/c1-3-9-11-6(2)7-4-10-5-8(7)12-9/h10H,3-5H2,1-2H3. The lowest BCUT2D eigenvalue weighted by Gasteiger charge is -2.03. The zero-order valence-corrected chi connectivity index (χ0v) is 7.52. The van der Waals surface area contributed by atoms with E-state index in [-0.39, 0.29) is 0 Å². The van der Waals surface area contributed by atoms with Gasteiger partial charge in [-0.2, -0.15) is 0 Å². The summed E-state index contributed by atoms with van der Waals surface area (Å²) in [7, 11) is 0. The molecule has 1 aromatic rings. The van der Waals surface area contributed by atoms with Gasteiger partial charge >= 0.3 is 0 Å². The molecule has 3 heteroatoms. The number of aromatic nitrogens is 2. The maximum absolute atomic E-state index is 4.46. The van der Waals surface area contributed by atoms with Crippen LogP contribution >= 0.6 is 0 Å². The van der Waals surface area contributed by atoms with E-state index in [2.05, 4.69) is 29.1 Å². The van der Waals surface area contributed by atoms with Crippen LogP contribution in [0.5, 0.6) is 0 Å². The summed E-state index contributed by atoms with van der Waals surface area (Å²) in [5.41, 5.74) is 3.63. The molecule has 1 aliphatic heterocycles. The number of rotatable bonds is 1. The normalized spacial score (nSPS) is 14.8. The molecule has 12 heavy (non-hydrogen) atoms. The molecule has 0 saturated carbocycles. The van der Waals surface area contributed by atoms with Gasteiger partial charge in [0, 0.05) is 30.8 Å². The van der Waals surface area contributed by atoms with Gasteiger partial charge in [-0.25, -0.2) is 9.97 Å². The van der Waals surface area contributed by atoms with E-state index >= 15 is 0 Å². The summed E-state index contributed by atoms with van der Waals surface area (Å²) in [4.78, 5) is 8.87. The zero-order chi connectivity index (χ0) is 8.55. The molecule has 3 nitrogen and oxygen atoms in total. The van der Waals surface area contributed by atoms with Gasteiger partial charge in [-0.1, -0.05) is 6.92 Å². The van der Waals surface area contributed by atoms with Crippen LogP contribution in [0, 0.1) is 6.92 Å². The Bertz CT molecular complexity index is 307. The lowest BCUT2D eigenvalue weighted by atomic mass is 10.2. The molecule has 0 amide bonds. The lowest BCUT2D eigenvalue weighted by Crippen LogP contribution is -2.01. The Morgan fingerprint density at radius 1 is 1.33 bits per heavy atom. The second kappa shape index (κ2) is 2.83. The molecule has 0 unspecified atom stereocenters. The van der Waals surface area contributed by atoms with Crippen molar-refractivity contribution in [3.8, 4) is 0 Å². The lowest BCUT2D eigenvalue weighted by molar-refractivity contribution is 0.755. The fraction of sp³-hybridized carbons (Fsp3) is 0.556. The van der Waals surface area contributed by atoms with Gasteiger partial charge in [-0.05, 0) is 6.92 Å². The molecule has 1 aromatic heterocycles. The van der Waals surface area contributed by atoms with Crippen LogP contribution in [0.3, 0.4) is 0 Å². The smallest absolute Gasteiger partial charge is 0.128 e. The summed E-state index contributed by atoms with van der Waals surface area (Å²) in [6.07, 6.45) is 0.925. The van der Waals surface area contributed by atoms with Gasteiger partial charge in [-0.3, -0.25) is 0 Å². The van der Waals surface area contributed by atoms with E-state index in [1.165, 1.54) is 11.3 Å². The van der Waals surface area contributed by atoms with E-state index in [9.17, 15) is 0 Å². The molecule has 2 rings (SSSR count). The van der Waals surface area contributed by atoms with Crippen LogP contribution in [0.2, 0.25) is 0 Å². The molecule has 64 valence electrons. The maximum Gasteiger partial charge on any atom is 0.128 e. The van der Waals surface area contributed by atoms with Crippen molar-refractivity contribution in [3.05, 3.63) is 22.8 Å². The first kappa shape index (κ1) is 7.68. The molecule has 0 aromatic carbocycles. The Kier molecular flexibility index (Phi) is 1.81. The Labute approximate surface area is 72.2 Å². The van der Waals surface area contributed by atoms with Gasteiger partial charge < -0.3 is 5.32 Å². The number of hydrogen-bond donors (Lipinski definition) is 1. The third-order valence-corrected chi connectivity index (χ3v) is 2.26. The molecule has 1 N–H and O–H groups in total. The molecule has 1 aliphatic rings. The molecule has 0 bridgehead atoms. The van der Waals surface area contributed by atoms with Gasteiger partial charge in [0.25, 0.3) is 0 Å². The Morgan fingerprint density at radius 3 is 2.92 bits per heavy atom. The summed E-state index contributed by atoms with van der Waals surface area (Å²) in [5.74, 6) is 0.968. The third-order valence-electron chi connectivity index (χ3n) is 2.26. The predicted octanol–water partition coefficient (Wildman–Crippen LogP) is 0.951. The average Bonchev–Trinajstić information content (AvgIpc) is 2.52.